The SMILES string of the molecule is CC(C)(c1ccc(OC[C@H](O)CCl)cc1)c1ccc(OCC(F)(F)COI)cc1. The van der Waals surface area contributed by atoms with Gasteiger partial charge in [-0.25, -0.2) is 8.78 Å². The highest BCUT2D eigenvalue weighted by Gasteiger charge is 2.30. The first kappa shape index (κ1) is 24.1. The van der Waals surface area contributed by atoms with Crippen LogP contribution in [0.25, 0.3) is 0 Å². The van der Waals surface area contributed by atoms with Crippen molar-refractivity contribution in [3.05, 3.63) is 59.7 Å². The van der Waals surface area contributed by atoms with E-state index in [2.05, 4.69) is 16.9 Å². The molecule has 0 unspecified atom stereocenters. The normalized spacial score (nSPS) is 13.2. The van der Waals surface area contributed by atoms with Crippen LogP contribution in [0.4, 0.5) is 8.78 Å². The quantitative estimate of drug-likeness (QED) is 0.308. The second-order valence-corrected chi connectivity index (χ2v) is 8.12. The average molecular weight is 541 g/mol. The van der Waals surface area contributed by atoms with Crippen molar-refractivity contribution in [3.63, 3.8) is 0 Å². The average Bonchev–Trinajstić information content (AvgIpc) is 2.71. The molecule has 0 heterocycles. The van der Waals surface area contributed by atoms with Crippen molar-refractivity contribution in [1.82, 2.24) is 0 Å². The molecule has 1 N–H and O–H groups in total. The number of halogens is 4. The summed E-state index contributed by atoms with van der Waals surface area (Å²) >= 11 is 6.99. The standard InChI is InChI=1S/C21H24ClF2IO4/c1-20(2,15-3-7-18(8-4-15)27-12-17(26)11-22)16-5-9-19(10-6-16)28-13-21(23,24)14-29-25/h3-10,17,26H,11-14H2,1-2H3/t17-/m1/s1. The first-order valence-electron chi connectivity index (χ1n) is 9.00. The maximum absolute atomic E-state index is 13.5. The molecule has 4 nitrogen and oxygen atoms in total. The van der Waals surface area contributed by atoms with Crippen LogP contribution in [0.1, 0.15) is 25.0 Å². The van der Waals surface area contributed by atoms with Gasteiger partial charge >= 0.3 is 5.92 Å². The molecule has 2 rings (SSSR count). The Labute approximate surface area is 188 Å². The number of ether oxygens (including phenoxy) is 2. The Hall–Kier alpha value is -1.16. The zero-order valence-corrected chi connectivity index (χ0v) is 19.1. The Kier molecular flexibility index (Phi) is 8.93. The van der Waals surface area contributed by atoms with Crippen LogP contribution in [0.2, 0.25) is 0 Å². The molecule has 0 aromatic heterocycles. The molecule has 0 amide bonds. The molecule has 2 aromatic rings. The zero-order valence-electron chi connectivity index (χ0n) is 16.2. The summed E-state index contributed by atoms with van der Waals surface area (Å²) in [6.07, 6.45) is -0.706. The lowest BCUT2D eigenvalue weighted by molar-refractivity contribution is -0.0640. The minimum Gasteiger partial charge on any atom is -0.491 e. The van der Waals surface area contributed by atoms with E-state index < -0.39 is 25.2 Å². The summed E-state index contributed by atoms with van der Waals surface area (Å²) in [6, 6.07) is 14.7. The second kappa shape index (κ2) is 10.7. The number of alkyl halides is 3. The predicted octanol–water partition coefficient (Wildman–Crippen LogP) is 5.37. The first-order chi connectivity index (χ1) is 13.7. The smallest absolute Gasteiger partial charge is 0.305 e. The third-order valence-electron chi connectivity index (χ3n) is 4.49. The highest BCUT2D eigenvalue weighted by molar-refractivity contribution is 14.1. The molecule has 0 saturated heterocycles. The molecule has 0 spiro atoms. The Morgan fingerprint density at radius 2 is 1.41 bits per heavy atom. The second-order valence-electron chi connectivity index (χ2n) is 7.19. The number of hydrogen-bond acceptors (Lipinski definition) is 4. The third-order valence-corrected chi connectivity index (χ3v) is 5.16. The lowest BCUT2D eigenvalue weighted by Gasteiger charge is -2.26. The Morgan fingerprint density at radius 3 is 1.86 bits per heavy atom. The molecule has 0 aliphatic carbocycles. The number of hydrogen-bond donors (Lipinski definition) is 1. The van der Waals surface area contributed by atoms with E-state index in [1.807, 2.05) is 36.4 Å². The van der Waals surface area contributed by atoms with Crippen LogP contribution in [-0.4, -0.2) is 42.8 Å². The van der Waals surface area contributed by atoms with Crippen molar-refractivity contribution in [2.45, 2.75) is 31.3 Å². The van der Waals surface area contributed by atoms with E-state index in [1.54, 1.807) is 12.1 Å². The van der Waals surface area contributed by atoms with Gasteiger partial charge in [0.2, 0.25) is 0 Å². The van der Waals surface area contributed by atoms with Gasteiger partial charge in [-0.2, -0.15) is 0 Å². The van der Waals surface area contributed by atoms with Crippen LogP contribution in [0.3, 0.4) is 0 Å². The summed E-state index contributed by atoms with van der Waals surface area (Å²) in [5, 5.41) is 9.47. The Morgan fingerprint density at radius 1 is 0.931 bits per heavy atom. The highest BCUT2D eigenvalue weighted by atomic mass is 127. The molecule has 0 radical (unpaired) electrons. The fraction of sp³-hybridized carbons (Fsp3) is 0.429. The van der Waals surface area contributed by atoms with Crippen LogP contribution < -0.4 is 9.47 Å². The van der Waals surface area contributed by atoms with Gasteiger partial charge in [0.15, 0.2) is 6.61 Å². The number of benzene rings is 2. The Balaban J connectivity index is 2.03. The first-order valence-corrected chi connectivity index (χ1v) is 10.4. The van der Waals surface area contributed by atoms with Gasteiger partial charge in [-0.05, 0) is 35.4 Å². The number of rotatable bonds is 11. The van der Waals surface area contributed by atoms with Crippen LogP contribution >= 0.6 is 34.6 Å². The van der Waals surface area contributed by atoms with Crippen LogP contribution in [0, 0.1) is 0 Å². The molecule has 0 fully saturated rings. The van der Waals surface area contributed by atoms with E-state index in [-0.39, 0.29) is 17.9 Å². The molecule has 8 heteroatoms. The third kappa shape index (κ3) is 7.24. The van der Waals surface area contributed by atoms with Gasteiger partial charge < -0.3 is 17.6 Å². The molecule has 0 aliphatic heterocycles. The van der Waals surface area contributed by atoms with Crippen molar-refractivity contribution in [3.8, 4) is 11.5 Å². The Bertz CT molecular complexity index is 754. The van der Waals surface area contributed by atoms with Gasteiger partial charge in [0.1, 0.15) is 53.8 Å². The summed E-state index contributed by atoms with van der Waals surface area (Å²) in [4.78, 5) is 0. The molecule has 0 aliphatic rings. The summed E-state index contributed by atoms with van der Waals surface area (Å²) in [6.45, 7) is 2.85. The van der Waals surface area contributed by atoms with Gasteiger partial charge in [-0.1, -0.05) is 38.1 Å². The summed E-state index contributed by atoms with van der Waals surface area (Å²) < 4.78 is 42.1. The topological polar surface area (TPSA) is 47.9 Å². The fourth-order valence-electron chi connectivity index (χ4n) is 2.65. The van der Waals surface area contributed by atoms with Gasteiger partial charge in [-0.3, -0.25) is 0 Å². The van der Waals surface area contributed by atoms with Gasteiger partial charge in [-0.15, -0.1) is 11.6 Å². The number of aliphatic hydroxyl groups excluding tert-OH is 1. The van der Waals surface area contributed by atoms with E-state index in [4.69, 9.17) is 21.1 Å². The molecular weight excluding hydrogens is 517 g/mol. The van der Waals surface area contributed by atoms with Crippen molar-refractivity contribution in [2.75, 3.05) is 25.7 Å². The summed E-state index contributed by atoms with van der Waals surface area (Å²) in [5.74, 6) is -1.90. The molecule has 29 heavy (non-hydrogen) atoms. The summed E-state index contributed by atoms with van der Waals surface area (Å²) in [5.41, 5.74) is 1.76. The minimum absolute atomic E-state index is 0.120. The minimum atomic E-state index is -3.04. The van der Waals surface area contributed by atoms with Crippen molar-refractivity contribution >= 4 is 34.6 Å². The van der Waals surface area contributed by atoms with Gasteiger partial charge in [0, 0.05) is 5.41 Å². The lowest BCUT2D eigenvalue weighted by Crippen LogP contribution is -2.30. The number of aliphatic hydroxyl groups is 1. The van der Waals surface area contributed by atoms with E-state index >= 15 is 0 Å². The van der Waals surface area contributed by atoms with E-state index in [0.717, 1.165) is 11.1 Å². The van der Waals surface area contributed by atoms with Crippen LogP contribution in [0.5, 0.6) is 11.5 Å². The molecule has 1 atom stereocenters. The van der Waals surface area contributed by atoms with Crippen molar-refractivity contribution in [2.24, 2.45) is 0 Å². The molecular formula is C21H24ClF2IO4. The van der Waals surface area contributed by atoms with Gasteiger partial charge in [0.25, 0.3) is 0 Å². The summed E-state index contributed by atoms with van der Waals surface area (Å²) in [7, 11) is 0. The zero-order chi connectivity index (χ0) is 21.5. The van der Waals surface area contributed by atoms with Crippen LogP contribution in [0.15, 0.2) is 48.5 Å². The fourth-order valence-corrected chi connectivity index (χ4v) is 3.19. The monoisotopic (exact) mass is 540 g/mol. The van der Waals surface area contributed by atoms with Crippen LogP contribution in [-0.2, 0) is 8.48 Å². The highest BCUT2D eigenvalue weighted by Crippen LogP contribution is 2.33. The maximum atomic E-state index is 13.5. The molecule has 0 bridgehead atoms. The molecule has 2 aromatic carbocycles. The lowest BCUT2D eigenvalue weighted by atomic mass is 9.78. The van der Waals surface area contributed by atoms with Crippen molar-refractivity contribution < 1.29 is 26.4 Å². The van der Waals surface area contributed by atoms with E-state index in [9.17, 15) is 13.9 Å². The van der Waals surface area contributed by atoms with E-state index in [1.165, 1.54) is 23.0 Å². The van der Waals surface area contributed by atoms with Crippen molar-refractivity contribution in [1.29, 1.82) is 0 Å². The molecule has 0 saturated carbocycles. The molecule has 160 valence electrons. The maximum Gasteiger partial charge on any atom is 0.305 e. The van der Waals surface area contributed by atoms with Gasteiger partial charge in [0.05, 0.1) is 5.88 Å². The largest absolute Gasteiger partial charge is 0.491 e. The van der Waals surface area contributed by atoms with E-state index in [0.29, 0.717) is 11.5 Å². The predicted molar refractivity (Wildman–Crippen MR) is 118 cm³/mol.